The van der Waals surface area contributed by atoms with Gasteiger partial charge in [0.2, 0.25) is 0 Å². The van der Waals surface area contributed by atoms with E-state index in [2.05, 4.69) is 33.2 Å². The number of nitriles is 1. The third-order valence-corrected chi connectivity index (χ3v) is 7.09. The lowest BCUT2D eigenvalue weighted by molar-refractivity contribution is 0.127. The van der Waals surface area contributed by atoms with E-state index in [-0.39, 0.29) is 17.7 Å². The molecule has 3 aromatic rings. The molecular weight excluding hydrogens is 426 g/mol. The van der Waals surface area contributed by atoms with E-state index in [4.69, 9.17) is 4.84 Å². The first-order valence-electron chi connectivity index (χ1n) is 12.0. The number of pyridine rings is 2. The van der Waals surface area contributed by atoms with Crippen molar-refractivity contribution < 1.29 is 4.84 Å². The maximum absolute atomic E-state index is 12.6. The van der Waals surface area contributed by atoms with E-state index in [1.165, 1.54) is 0 Å². The molecule has 2 aromatic heterocycles. The van der Waals surface area contributed by atoms with Crippen molar-refractivity contribution in [1.29, 1.82) is 5.26 Å². The number of fused-ring (bicyclic) bond motifs is 1. The molecule has 2 aliphatic carbocycles. The molecule has 0 aliphatic heterocycles. The first-order valence-corrected chi connectivity index (χ1v) is 12.0. The van der Waals surface area contributed by atoms with Crippen LogP contribution in [0.4, 0.5) is 5.69 Å². The Kier molecular flexibility index (Phi) is 6.06. The molecule has 1 aromatic carbocycles. The molecule has 0 spiro atoms. The van der Waals surface area contributed by atoms with Crippen LogP contribution in [-0.4, -0.2) is 34.5 Å². The molecule has 2 fully saturated rings. The van der Waals surface area contributed by atoms with E-state index < -0.39 is 0 Å². The number of anilines is 1. The Morgan fingerprint density at radius 2 is 1.85 bits per heavy atom. The molecule has 0 radical (unpaired) electrons. The second kappa shape index (κ2) is 9.30. The summed E-state index contributed by atoms with van der Waals surface area (Å²) in [6, 6.07) is 17.8. The molecule has 174 valence electrons. The molecular formula is C27H29N5O2. The predicted octanol–water partition coefficient (Wildman–Crippen LogP) is 4.38. The summed E-state index contributed by atoms with van der Waals surface area (Å²) in [6.07, 6.45) is 6.41. The van der Waals surface area contributed by atoms with Gasteiger partial charge < -0.3 is 14.3 Å². The standard InChI is InChI=1S/C27H29N5O2/c1-31(24-16-25(33)32(2)23-15-10-20(17-28)29-27(23)24)21-11-8-19(9-12-21)26(30-34-22-13-14-22)18-6-4-3-5-7-18/h3-7,10,15-16,19,21-22H,8-9,11-14H2,1-2H3/b30-26+/t19-,21+. The van der Waals surface area contributed by atoms with Gasteiger partial charge in [-0.25, -0.2) is 4.98 Å². The Morgan fingerprint density at radius 1 is 1.12 bits per heavy atom. The maximum Gasteiger partial charge on any atom is 0.252 e. The normalized spacial score (nSPS) is 20.7. The van der Waals surface area contributed by atoms with E-state index >= 15 is 0 Å². The van der Waals surface area contributed by atoms with E-state index in [0.29, 0.717) is 17.1 Å². The third kappa shape index (κ3) is 4.41. The zero-order chi connectivity index (χ0) is 23.7. The van der Waals surface area contributed by atoms with Crippen molar-refractivity contribution in [3.8, 4) is 6.07 Å². The molecule has 34 heavy (non-hydrogen) atoms. The van der Waals surface area contributed by atoms with Crippen LogP contribution in [0.15, 0.2) is 58.5 Å². The molecule has 0 unspecified atom stereocenters. The molecule has 2 heterocycles. The molecule has 7 heteroatoms. The fourth-order valence-corrected chi connectivity index (χ4v) is 4.85. The Hall–Kier alpha value is -3.66. The summed E-state index contributed by atoms with van der Waals surface area (Å²) in [5, 5.41) is 13.9. The van der Waals surface area contributed by atoms with Gasteiger partial charge in [0.25, 0.3) is 5.56 Å². The van der Waals surface area contributed by atoms with Crippen molar-refractivity contribution in [2.75, 3.05) is 11.9 Å². The van der Waals surface area contributed by atoms with Gasteiger partial charge in [0.15, 0.2) is 0 Å². The van der Waals surface area contributed by atoms with Crippen LogP contribution in [0, 0.1) is 17.2 Å². The van der Waals surface area contributed by atoms with Crippen molar-refractivity contribution in [2.24, 2.45) is 18.1 Å². The van der Waals surface area contributed by atoms with Crippen LogP contribution >= 0.6 is 0 Å². The largest absolute Gasteiger partial charge is 0.392 e. The summed E-state index contributed by atoms with van der Waals surface area (Å²) in [4.78, 5) is 25.1. The van der Waals surface area contributed by atoms with Gasteiger partial charge in [-0.3, -0.25) is 4.79 Å². The Bertz CT molecular complexity index is 1310. The minimum absolute atomic E-state index is 0.0785. The molecule has 2 aliphatic rings. The highest BCUT2D eigenvalue weighted by Crippen LogP contribution is 2.34. The van der Waals surface area contributed by atoms with E-state index in [1.807, 2.05) is 25.2 Å². The van der Waals surface area contributed by atoms with Crippen molar-refractivity contribution in [2.45, 2.75) is 50.7 Å². The van der Waals surface area contributed by atoms with Gasteiger partial charge in [-0.05, 0) is 56.2 Å². The Balaban J connectivity index is 1.38. The second-order valence-corrected chi connectivity index (χ2v) is 9.37. The van der Waals surface area contributed by atoms with Crippen LogP contribution in [0.2, 0.25) is 0 Å². The van der Waals surface area contributed by atoms with E-state index in [0.717, 1.165) is 61.0 Å². The number of hydrogen-bond donors (Lipinski definition) is 0. The van der Waals surface area contributed by atoms with Crippen molar-refractivity contribution in [1.82, 2.24) is 9.55 Å². The van der Waals surface area contributed by atoms with Crippen LogP contribution in [0.25, 0.3) is 11.0 Å². The molecule has 0 N–H and O–H groups in total. The predicted molar refractivity (Wildman–Crippen MR) is 133 cm³/mol. The number of rotatable bonds is 6. The van der Waals surface area contributed by atoms with Gasteiger partial charge in [0.05, 0.1) is 16.9 Å². The Labute approximate surface area is 199 Å². The van der Waals surface area contributed by atoms with Crippen LogP contribution in [0.3, 0.4) is 0 Å². The van der Waals surface area contributed by atoms with Crippen LogP contribution in [0.5, 0.6) is 0 Å². The SMILES string of the molecule is Cn1c(=O)cc(N(C)[C@H]2CC[C@@H](/C(=N/OC3CC3)c3ccccc3)CC2)c2nc(C#N)ccc21. The summed E-state index contributed by atoms with van der Waals surface area (Å²) in [6.45, 7) is 0. The summed E-state index contributed by atoms with van der Waals surface area (Å²) in [5.41, 5.74) is 4.66. The quantitative estimate of drug-likeness (QED) is 0.407. The summed E-state index contributed by atoms with van der Waals surface area (Å²) >= 11 is 0. The summed E-state index contributed by atoms with van der Waals surface area (Å²) < 4.78 is 1.58. The molecule has 0 amide bonds. The monoisotopic (exact) mass is 455 g/mol. The number of aryl methyl sites for hydroxylation is 1. The van der Waals surface area contributed by atoms with Crippen LogP contribution in [-0.2, 0) is 11.9 Å². The maximum atomic E-state index is 12.6. The minimum Gasteiger partial charge on any atom is -0.392 e. The van der Waals surface area contributed by atoms with Crippen LogP contribution in [0.1, 0.15) is 49.8 Å². The highest BCUT2D eigenvalue weighted by atomic mass is 16.6. The smallest absolute Gasteiger partial charge is 0.252 e. The first-order chi connectivity index (χ1) is 16.5. The van der Waals surface area contributed by atoms with E-state index in [1.54, 1.807) is 29.8 Å². The van der Waals surface area contributed by atoms with Crippen molar-refractivity contribution in [3.05, 3.63) is 70.1 Å². The number of nitrogens with zero attached hydrogens (tertiary/aromatic N) is 5. The van der Waals surface area contributed by atoms with Gasteiger partial charge in [0.1, 0.15) is 23.4 Å². The topological polar surface area (TPSA) is 83.5 Å². The zero-order valence-corrected chi connectivity index (χ0v) is 19.6. The second-order valence-electron chi connectivity index (χ2n) is 9.37. The highest BCUT2D eigenvalue weighted by molar-refractivity contribution is 6.02. The number of benzene rings is 1. The lowest BCUT2D eigenvalue weighted by Crippen LogP contribution is -2.38. The summed E-state index contributed by atoms with van der Waals surface area (Å²) in [7, 11) is 3.77. The minimum atomic E-state index is -0.0785. The lowest BCUT2D eigenvalue weighted by Gasteiger charge is -2.36. The third-order valence-electron chi connectivity index (χ3n) is 7.09. The molecule has 5 rings (SSSR count). The molecule has 7 nitrogen and oxygen atoms in total. The fourth-order valence-electron chi connectivity index (χ4n) is 4.85. The highest BCUT2D eigenvalue weighted by Gasteiger charge is 2.30. The van der Waals surface area contributed by atoms with Gasteiger partial charge in [-0.1, -0.05) is 35.5 Å². The molecule has 0 saturated heterocycles. The van der Waals surface area contributed by atoms with Gasteiger partial charge >= 0.3 is 0 Å². The average molecular weight is 456 g/mol. The average Bonchev–Trinajstić information content (AvgIpc) is 3.71. The fraction of sp³-hybridized carbons (Fsp3) is 0.407. The van der Waals surface area contributed by atoms with E-state index in [9.17, 15) is 10.1 Å². The number of oxime groups is 1. The molecule has 0 bridgehead atoms. The van der Waals surface area contributed by atoms with Gasteiger partial charge in [-0.2, -0.15) is 5.26 Å². The first kappa shape index (κ1) is 22.1. The lowest BCUT2D eigenvalue weighted by atomic mass is 9.80. The Morgan fingerprint density at radius 3 is 2.53 bits per heavy atom. The van der Waals surface area contributed by atoms with Gasteiger partial charge in [0, 0.05) is 32.1 Å². The van der Waals surface area contributed by atoms with Gasteiger partial charge in [-0.15, -0.1) is 0 Å². The van der Waals surface area contributed by atoms with Crippen molar-refractivity contribution in [3.63, 3.8) is 0 Å². The zero-order valence-electron chi connectivity index (χ0n) is 19.6. The number of aromatic nitrogens is 2. The number of hydrogen-bond acceptors (Lipinski definition) is 6. The van der Waals surface area contributed by atoms with Crippen molar-refractivity contribution >= 4 is 22.4 Å². The summed E-state index contributed by atoms with van der Waals surface area (Å²) in [5.74, 6) is 0.342. The molecule has 0 atom stereocenters. The van der Waals surface area contributed by atoms with Crippen LogP contribution < -0.4 is 10.5 Å². The molecule has 2 saturated carbocycles.